The highest BCUT2D eigenvalue weighted by molar-refractivity contribution is 5.82. The molecule has 1 aliphatic heterocycles. The van der Waals surface area contributed by atoms with Crippen molar-refractivity contribution in [3.05, 3.63) is 30.3 Å². The average molecular weight is 332 g/mol. The third-order valence-electron chi connectivity index (χ3n) is 4.66. The number of nitrogens with one attached hydrogen (secondary N) is 1. The zero-order valence-electron chi connectivity index (χ0n) is 13.8. The molecule has 6 heteroatoms. The molecule has 2 amide bonds. The lowest BCUT2D eigenvalue weighted by Gasteiger charge is -2.33. The van der Waals surface area contributed by atoms with Crippen LogP contribution >= 0.6 is 0 Å². The van der Waals surface area contributed by atoms with Gasteiger partial charge in [-0.15, -0.1) is 0 Å². The Morgan fingerprint density at radius 1 is 1.25 bits per heavy atom. The fraction of sp³-hybridized carbons (Fsp3) is 0.556. The maximum absolute atomic E-state index is 12.7. The standard InChI is InChI=1S/C18H24N2O4/c21-17(13-24-14-5-2-1-3-6-14)20-10-12-23-11-9-19-18(22)15-7-4-8-16(15)20/h1-3,5-6,15-16H,4,7-13H2,(H,19,22)/t15-,16+/m1/s1. The first-order chi connectivity index (χ1) is 11.8. The van der Waals surface area contributed by atoms with Gasteiger partial charge in [0.25, 0.3) is 5.91 Å². The van der Waals surface area contributed by atoms with E-state index in [1.807, 2.05) is 30.3 Å². The fourth-order valence-corrected chi connectivity index (χ4v) is 3.48. The van der Waals surface area contributed by atoms with E-state index in [0.717, 1.165) is 19.3 Å². The van der Waals surface area contributed by atoms with Gasteiger partial charge in [-0.2, -0.15) is 0 Å². The molecular formula is C18H24N2O4. The number of hydrogen-bond donors (Lipinski definition) is 1. The highest BCUT2D eigenvalue weighted by atomic mass is 16.5. The molecule has 0 unspecified atom stereocenters. The number of carbonyl (C=O) groups excluding carboxylic acids is 2. The van der Waals surface area contributed by atoms with Gasteiger partial charge < -0.3 is 19.7 Å². The van der Waals surface area contributed by atoms with Crippen LogP contribution in [0.1, 0.15) is 19.3 Å². The molecule has 3 rings (SSSR count). The molecule has 24 heavy (non-hydrogen) atoms. The third kappa shape index (κ3) is 4.06. The number of amides is 2. The molecular weight excluding hydrogens is 308 g/mol. The highest BCUT2D eigenvalue weighted by Crippen LogP contribution is 2.30. The molecule has 1 N–H and O–H groups in total. The predicted molar refractivity (Wildman–Crippen MR) is 88.6 cm³/mol. The molecule has 2 aliphatic rings. The Labute approximate surface area is 142 Å². The van der Waals surface area contributed by atoms with E-state index in [1.165, 1.54) is 0 Å². The van der Waals surface area contributed by atoms with Crippen molar-refractivity contribution in [2.75, 3.05) is 32.9 Å². The van der Waals surface area contributed by atoms with Gasteiger partial charge in [-0.05, 0) is 25.0 Å². The van der Waals surface area contributed by atoms with Crippen molar-refractivity contribution in [2.24, 2.45) is 5.92 Å². The normalized spacial score (nSPS) is 24.8. The molecule has 1 aromatic rings. The summed E-state index contributed by atoms with van der Waals surface area (Å²) >= 11 is 0. The summed E-state index contributed by atoms with van der Waals surface area (Å²) in [5, 5.41) is 2.91. The Kier molecular flexibility index (Phi) is 5.69. The van der Waals surface area contributed by atoms with Gasteiger partial charge in [0.2, 0.25) is 5.91 Å². The monoisotopic (exact) mass is 332 g/mol. The van der Waals surface area contributed by atoms with Gasteiger partial charge in [-0.1, -0.05) is 24.6 Å². The Hall–Kier alpha value is -2.08. The van der Waals surface area contributed by atoms with Crippen molar-refractivity contribution >= 4 is 11.8 Å². The van der Waals surface area contributed by atoms with Gasteiger partial charge in [0.15, 0.2) is 6.61 Å². The van der Waals surface area contributed by atoms with Crippen LogP contribution in [0, 0.1) is 5.92 Å². The fourth-order valence-electron chi connectivity index (χ4n) is 3.48. The van der Waals surface area contributed by atoms with Gasteiger partial charge in [0.05, 0.1) is 19.1 Å². The van der Waals surface area contributed by atoms with Crippen LogP contribution in [0.25, 0.3) is 0 Å². The molecule has 6 nitrogen and oxygen atoms in total. The smallest absolute Gasteiger partial charge is 0.260 e. The average Bonchev–Trinajstić information content (AvgIpc) is 3.09. The molecule has 1 saturated carbocycles. The maximum Gasteiger partial charge on any atom is 0.260 e. The number of carbonyl (C=O) groups is 2. The summed E-state index contributed by atoms with van der Waals surface area (Å²) in [5.41, 5.74) is 0. The SMILES string of the molecule is O=C1NCCOCCN(C(=O)COc2ccccc2)[C@H]2CCC[C@@H]12. The topological polar surface area (TPSA) is 67.9 Å². The van der Waals surface area contributed by atoms with Crippen LogP contribution < -0.4 is 10.1 Å². The summed E-state index contributed by atoms with van der Waals surface area (Å²) < 4.78 is 11.1. The molecule has 0 radical (unpaired) electrons. The predicted octanol–water partition coefficient (Wildman–Crippen LogP) is 1.21. The van der Waals surface area contributed by atoms with E-state index in [4.69, 9.17) is 9.47 Å². The van der Waals surface area contributed by atoms with Gasteiger partial charge in [-0.25, -0.2) is 0 Å². The van der Waals surface area contributed by atoms with E-state index >= 15 is 0 Å². The Balaban J connectivity index is 1.67. The van der Waals surface area contributed by atoms with Crippen molar-refractivity contribution in [1.29, 1.82) is 0 Å². The first kappa shape index (κ1) is 16.8. The van der Waals surface area contributed by atoms with Crippen LogP contribution in [0.15, 0.2) is 30.3 Å². The van der Waals surface area contributed by atoms with Crippen LogP contribution in [0.3, 0.4) is 0 Å². The second-order valence-electron chi connectivity index (χ2n) is 6.20. The Morgan fingerprint density at radius 2 is 2.08 bits per heavy atom. The number of fused-ring (bicyclic) bond motifs is 1. The van der Waals surface area contributed by atoms with Crippen molar-refractivity contribution in [2.45, 2.75) is 25.3 Å². The first-order valence-electron chi connectivity index (χ1n) is 8.58. The van der Waals surface area contributed by atoms with Crippen molar-refractivity contribution in [3.8, 4) is 5.75 Å². The molecule has 0 aromatic heterocycles. The summed E-state index contributed by atoms with van der Waals surface area (Å²) in [5.74, 6) is 0.491. The number of hydrogen-bond acceptors (Lipinski definition) is 4. The summed E-state index contributed by atoms with van der Waals surface area (Å²) in [6.45, 7) is 1.98. The molecule has 2 fully saturated rings. The van der Waals surface area contributed by atoms with E-state index in [9.17, 15) is 9.59 Å². The van der Waals surface area contributed by atoms with E-state index < -0.39 is 0 Å². The van der Waals surface area contributed by atoms with Crippen molar-refractivity contribution in [3.63, 3.8) is 0 Å². The van der Waals surface area contributed by atoms with E-state index in [2.05, 4.69) is 5.32 Å². The molecule has 2 atom stereocenters. The lowest BCUT2D eigenvalue weighted by molar-refractivity contribution is -0.140. The van der Waals surface area contributed by atoms with E-state index in [1.54, 1.807) is 4.90 Å². The largest absolute Gasteiger partial charge is 0.484 e. The minimum absolute atomic E-state index is 0.0190. The van der Waals surface area contributed by atoms with Crippen LogP contribution in [0.5, 0.6) is 5.75 Å². The summed E-state index contributed by atoms with van der Waals surface area (Å²) in [4.78, 5) is 26.8. The molecule has 0 spiro atoms. The number of para-hydroxylation sites is 1. The lowest BCUT2D eigenvalue weighted by Crippen LogP contribution is -2.50. The maximum atomic E-state index is 12.7. The first-order valence-corrected chi connectivity index (χ1v) is 8.58. The van der Waals surface area contributed by atoms with Gasteiger partial charge in [0, 0.05) is 19.1 Å². The number of nitrogens with zero attached hydrogens (tertiary/aromatic N) is 1. The third-order valence-corrected chi connectivity index (χ3v) is 4.66. The minimum atomic E-state index is -0.122. The molecule has 0 bridgehead atoms. The van der Waals surface area contributed by atoms with E-state index in [0.29, 0.717) is 32.1 Å². The van der Waals surface area contributed by atoms with Gasteiger partial charge in [0.1, 0.15) is 5.75 Å². The second-order valence-corrected chi connectivity index (χ2v) is 6.20. The lowest BCUT2D eigenvalue weighted by atomic mass is 10.0. The zero-order valence-corrected chi connectivity index (χ0v) is 13.8. The van der Waals surface area contributed by atoms with Gasteiger partial charge in [-0.3, -0.25) is 9.59 Å². The Bertz CT molecular complexity index is 563. The van der Waals surface area contributed by atoms with Crippen molar-refractivity contribution < 1.29 is 19.1 Å². The number of ether oxygens (including phenoxy) is 2. The molecule has 1 aromatic carbocycles. The highest BCUT2D eigenvalue weighted by Gasteiger charge is 2.39. The second kappa shape index (κ2) is 8.15. The summed E-state index contributed by atoms with van der Waals surface area (Å²) in [6, 6.07) is 9.23. The molecule has 130 valence electrons. The molecule has 1 aliphatic carbocycles. The minimum Gasteiger partial charge on any atom is -0.484 e. The van der Waals surface area contributed by atoms with Crippen molar-refractivity contribution in [1.82, 2.24) is 10.2 Å². The van der Waals surface area contributed by atoms with Crippen LogP contribution in [0.2, 0.25) is 0 Å². The van der Waals surface area contributed by atoms with E-state index in [-0.39, 0.29) is 30.4 Å². The Morgan fingerprint density at radius 3 is 2.92 bits per heavy atom. The molecule has 1 heterocycles. The quantitative estimate of drug-likeness (QED) is 0.903. The van der Waals surface area contributed by atoms with Crippen LogP contribution in [-0.2, 0) is 14.3 Å². The van der Waals surface area contributed by atoms with Crippen LogP contribution in [0.4, 0.5) is 0 Å². The summed E-state index contributed by atoms with van der Waals surface area (Å²) in [6.07, 6.45) is 2.66. The van der Waals surface area contributed by atoms with Crippen LogP contribution in [-0.4, -0.2) is 55.7 Å². The number of rotatable bonds is 3. The summed E-state index contributed by atoms with van der Waals surface area (Å²) in [7, 11) is 0. The van der Waals surface area contributed by atoms with Gasteiger partial charge >= 0.3 is 0 Å². The molecule has 1 saturated heterocycles. The number of benzene rings is 1. The zero-order chi connectivity index (χ0) is 16.8.